The second-order valence-electron chi connectivity index (χ2n) is 3.87. The molecule has 2 amide bonds. The highest BCUT2D eigenvalue weighted by Crippen LogP contribution is 2.20. The molecule has 0 radical (unpaired) electrons. The summed E-state index contributed by atoms with van der Waals surface area (Å²) in [6, 6.07) is 2.89. The Hall–Kier alpha value is -2.11. The summed E-state index contributed by atoms with van der Waals surface area (Å²) in [5.41, 5.74) is -0.187. The van der Waals surface area contributed by atoms with Gasteiger partial charge in [-0.25, -0.2) is 14.0 Å². The van der Waals surface area contributed by atoms with Crippen LogP contribution in [0.15, 0.2) is 18.2 Å². The van der Waals surface area contributed by atoms with Gasteiger partial charge in [0.1, 0.15) is 5.82 Å². The zero-order valence-corrected chi connectivity index (χ0v) is 8.87. The zero-order valence-electron chi connectivity index (χ0n) is 8.87. The lowest BCUT2D eigenvalue weighted by atomic mass is 10.2. The summed E-state index contributed by atoms with van der Waals surface area (Å²) < 4.78 is 12.9. The Morgan fingerprint density at radius 1 is 1.35 bits per heavy atom. The number of halogens is 1. The van der Waals surface area contributed by atoms with E-state index in [1.807, 2.05) is 0 Å². The lowest BCUT2D eigenvalue weighted by molar-refractivity contribution is 0.0697. The number of urea groups is 1. The molecule has 1 aliphatic carbocycles. The van der Waals surface area contributed by atoms with Crippen molar-refractivity contribution in [1.29, 1.82) is 0 Å². The van der Waals surface area contributed by atoms with Gasteiger partial charge in [0.05, 0.1) is 11.3 Å². The molecule has 5 nitrogen and oxygen atoms in total. The third kappa shape index (κ3) is 2.93. The van der Waals surface area contributed by atoms with Crippen molar-refractivity contribution in [3.63, 3.8) is 0 Å². The summed E-state index contributed by atoms with van der Waals surface area (Å²) in [5, 5.41) is 13.9. The fourth-order valence-corrected chi connectivity index (χ4v) is 1.37. The van der Waals surface area contributed by atoms with Gasteiger partial charge in [0.2, 0.25) is 0 Å². The van der Waals surface area contributed by atoms with E-state index in [4.69, 9.17) is 5.11 Å². The van der Waals surface area contributed by atoms with E-state index in [2.05, 4.69) is 10.6 Å². The largest absolute Gasteiger partial charge is 0.478 e. The first-order chi connectivity index (χ1) is 8.06. The van der Waals surface area contributed by atoms with Gasteiger partial charge in [0.25, 0.3) is 0 Å². The molecule has 0 aliphatic heterocycles. The van der Waals surface area contributed by atoms with Gasteiger partial charge >= 0.3 is 12.0 Å². The highest BCUT2D eigenvalue weighted by atomic mass is 19.1. The van der Waals surface area contributed by atoms with Crippen LogP contribution in [0, 0.1) is 5.82 Å². The summed E-state index contributed by atoms with van der Waals surface area (Å²) in [7, 11) is 0. The molecule has 6 heteroatoms. The van der Waals surface area contributed by atoms with Gasteiger partial charge in [-0.1, -0.05) is 0 Å². The molecule has 1 aromatic carbocycles. The van der Waals surface area contributed by atoms with Crippen LogP contribution in [0.25, 0.3) is 0 Å². The van der Waals surface area contributed by atoms with Crippen LogP contribution in [-0.2, 0) is 0 Å². The van der Waals surface area contributed by atoms with Crippen molar-refractivity contribution in [2.75, 3.05) is 5.32 Å². The van der Waals surface area contributed by atoms with E-state index in [0.717, 1.165) is 25.0 Å². The average Bonchev–Trinajstić information content (AvgIpc) is 3.04. The molecule has 0 atom stereocenters. The van der Waals surface area contributed by atoms with Crippen LogP contribution >= 0.6 is 0 Å². The summed E-state index contributed by atoms with van der Waals surface area (Å²) >= 11 is 0. The van der Waals surface area contributed by atoms with Crippen molar-refractivity contribution < 1.29 is 19.1 Å². The van der Waals surface area contributed by atoms with Crippen LogP contribution in [0.4, 0.5) is 14.9 Å². The highest BCUT2D eigenvalue weighted by Gasteiger charge is 2.23. The Bertz CT molecular complexity index is 472. The molecule has 1 aromatic rings. The molecule has 1 aliphatic rings. The summed E-state index contributed by atoms with van der Waals surface area (Å²) in [5.74, 6) is -1.94. The number of benzene rings is 1. The number of hydrogen-bond donors (Lipinski definition) is 3. The number of aromatic carboxylic acids is 1. The first kappa shape index (κ1) is 11.4. The van der Waals surface area contributed by atoms with Gasteiger partial charge in [0, 0.05) is 6.04 Å². The summed E-state index contributed by atoms with van der Waals surface area (Å²) in [6.07, 6.45) is 1.87. The van der Waals surface area contributed by atoms with Crippen LogP contribution in [-0.4, -0.2) is 23.1 Å². The molecule has 0 saturated heterocycles. The number of amides is 2. The highest BCUT2D eigenvalue weighted by molar-refractivity contribution is 6.00. The topological polar surface area (TPSA) is 78.4 Å². The van der Waals surface area contributed by atoms with Crippen molar-refractivity contribution >= 4 is 17.7 Å². The minimum Gasteiger partial charge on any atom is -0.478 e. The molecule has 0 heterocycles. The van der Waals surface area contributed by atoms with Crippen LogP contribution in [0.1, 0.15) is 23.2 Å². The van der Waals surface area contributed by atoms with E-state index >= 15 is 0 Å². The van der Waals surface area contributed by atoms with Crippen molar-refractivity contribution in [1.82, 2.24) is 5.32 Å². The van der Waals surface area contributed by atoms with Gasteiger partial charge in [-0.05, 0) is 31.0 Å². The predicted octanol–water partition coefficient (Wildman–Crippen LogP) is 1.81. The second-order valence-corrected chi connectivity index (χ2v) is 3.87. The predicted molar refractivity (Wildman–Crippen MR) is 58.5 cm³/mol. The van der Waals surface area contributed by atoms with E-state index in [0.29, 0.717) is 0 Å². The second kappa shape index (κ2) is 4.40. The van der Waals surface area contributed by atoms with Crippen LogP contribution in [0.5, 0.6) is 0 Å². The molecule has 90 valence electrons. The fourth-order valence-electron chi connectivity index (χ4n) is 1.37. The van der Waals surface area contributed by atoms with E-state index in [9.17, 15) is 14.0 Å². The molecule has 0 spiro atoms. The number of rotatable bonds is 3. The quantitative estimate of drug-likeness (QED) is 0.751. The zero-order chi connectivity index (χ0) is 12.4. The smallest absolute Gasteiger partial charge is 0.337 e. The third-order valence-corrected chi connectivity index (χ3v) is 2.37. The Morgan fingerprint density at radius 3 is 2.65 bits per heavy atom. The summed E-state index contributed by atoms with van der Waals surface area (Å²) in [6.45, 7) is 0. The Labute approximate surface area is 96.6 Å². The molecule has 0 bridgehead atoms. The molecule has 3 N–H and O–H groups in total. The minimum atomic E-state index is -1.29. The van der Waals surface area contributed by atoms with E-state index < -0.39 is 17.8 Å². The number of hydrogen-bond acceptors (Lipinski definition) is 2. The minimum absolute atomic E-state index is 0.0806. The number of carbonyl (C=O) groups excluding carboxylic acids is 1. The number of carboxylic acids is 1. The van der Waals surface area contributed by atoms with E-state index in [1.54, 1.807) is 0 Å². The monoisotopic (exact) mass is 238 g/mol. The van der Waals surface area contributed by atoms with Gasteiger partial charge in [-0.3, -0.25) is 0 Å². The first-order valence-electron chi connectivity index (χ1n) is 5.16. The SMILES string of the molecule is O=C(Nc1ccc(F)cc1C(=O)O)NC1CC1. The Morgan fingerprint density at radius 2 is 2.06 bits per heavy atom. The lowest BCUT2D eigenvalue weighted by Crippen LogP contribution is -2.31. The Kier molecular flexibility index (Phi) is 2.95. The van der Waals surface area contributed by atoms with Gasteiger partial charge in [-0.15, -0.1) is 0 Å². The van der Waals surface area contributed by atoms with Crippen molar-refractivity contribution in [3.8, 4) is 0 Å². The van der Waals surface area contributed by atoms with Gasteiger partial charge in [-0.2, -0.15) is 0 Å². The molecule has 0 aromatic heterocycles. The fraction of sp³-hybridized carbons (Fsp3) is 0.273. The molecule has 17 heavy (non-hydrogen) atoms. The normalized spacial score (nSPS) is 14.2. The van der Waals surface area contributed by atoms with E-state index in [1.165, 1.54) is 6.07 Å². The van der Waals surface area contributed by atoms with Crippen molar-refractivity contribution in [2.45, 2.75) is 18.9 Å². The van der Waals surface area contributed by atoms with Crippen molar-refractivity contribution in [2.24, 2.45) is 0 Å². The number of nitrogens with one attached hydrogen (secondary N) is 2. The van der Waals surface area contributed by atoms with Gasteiger partial charge < -0.3 is 15.7 Å². The maximum atomic E-state index is 12.9. The molecule has 0 unspecified atom stereocenters. The maximum Gasteiger partial charge on any atom is 0.337 e. The van der Waals surface area contributed by atoms with Gasteiger partial charge in [0.15, 0.2) is 0 Å². The maximum absolute atomic E-state index is 12.9. The number of carboxylic acid groups (broad SMARTS) is 1. The molecular formula is C11H11FN2O3. The standard InChI is InChI=1S/C11H11FN2O3/c12-6-1-4-9(8(5-6)10(15)16)14-11(17)13-7-2-3-7/h1,4-5,7H,2-3H2,(H,15,16)(H2,13,14,17). The molecule has 2 rings (SSSR count). The molecule has 1 fully saturated rings. The van der Waals surface area contributed by atoms with Crippen LogP contribution < -0.4 is 10.6 Å². The number of carbonyl (C=O) groups is 2. The Balaban J connectivity index is 2.13. The number of anilines is 1. The van der Waals surface area contributed by atoms with Crippen molar-refractivity contribution in [3.05, 3.63) is 29.6 Å². The molecular weight excluding hydrogens is 227 g/mol. The lowest BCUT2D eigenvalue weighted by Gasteiger charge is -2.09. The third-order valence-electron chi connectivity index (χ3n) is 2.37. The van der Waals surface area contributed by atoms with Crippen LogP contribution in [0.2, 0.25) is 0 Å². The van der Waals surface area contributed by atoms with Crippen LogP contribution in [0.3, 0.4) is 0 Å². The van der Waals surface area contributed by atoms with E-state index in [-0.39, 0.29) is 17.3 Å². The molecule has 1 saturated carbocycles. The summed E-state index contributed by atoms with van der Waals surface area (Å²) in [4.78, 5) is 22.3. The first-order valence-corrected chi connectivity index (χ1v) is 5.16. The average molecular weight is 238 g/mol.